The molecule has 5 nitrogen and oxygen atoms in total. The standard InChI is InChI=1S/C18H24BrFN4O.HI/c1-5-21-17(23-9-12-8-13(20)6-7-14(12)19)24-11-16-22-10-15(25-16)18(2,3)4;/h6-8,10H,5,9,11H2,1-4H3,(H2,21,23,24);1H. The first-order valence-electron chi connectivity index (χ1n) is 8.21. The van der Waals surface area contributed by atoms with E-state index in [1.165, 1.54) is 12.1 Å². The smallest absolute Gasteiger partial charge is 0.213 e. The number of guanidine groups is 1. The zero-order chi connectivity index (χ0) is 18.4. The lowest BCUT2D eigenvalue weighted by atomic mass is 9.94. The Morgan fingerprint density at radius 3 is 2.65 bits per heavy atom. The zero-order valence-corrected chi connectivity index (χ0v) is 19.3. The third-order valence-corrected chi connectivity index (χ3v) is 4.23. The number of benzene rings is 1. The molecule has 2 rings (SSSR count). The minimum Gasteiger partial charge on any atom is -0.443 e. The van der Waals surface area contributed by atoms with Gasteiger partial charge in [0.1, 0.15) is 11.6 Å². The summed E-state index contributed by atoms with van der Waals surface area (Å²) in [5.41, 5.74) is 0.705. The number of hydrogen-bond donors (Lipinski definition) is 2. The predicted octanol–water partition coefficient (Wildman–Crippen LogP) is 4.75. The second-order valence-electron chi connectivity index (χ2n) is 6.65. The monoisotopic (exact) mass is 538 g/mol. The van der Waals surface area contributed by atoms with Gasteiger partial charge in [-0.3, -0.25) is 0 Å². The van der Waals surface area contributed by atoms with Gasteiger partial charge in [0.15, 0.2) is 5.96 Å². The summed E-state index contributed by atoms with van der Waals surface area (Å²) in [6, 6.07) is 4.57. The van der Waals surface area contributed by atoms with Gasteiger partial charge in [0.25, 0.3) is 0 Å². The van der Waals surface area contributed by atoms with Gasteiger partial charge in [-0.15, -0.1) is 24.0 Å². The third kappa shape index (κ3) is 6.86. The molecule has 0 fully saturated rings. The molecule has 0 aliphatic heterocycles. The molecule has 2 aromatic rings. The molecule has 1 aromatic heterocycles. The number of oxazole rings is 1. The summed E-state index contributed by atoms with van der Waals surface area (Å²) in [6.45, 7) is 9.71. The molecule has 144 valence electrons. The van der Waals surface area contributed by atoms with Gasteiger partial charge in [0.05, 0.1) is 19.3 Å². The highest BCUT2D eigenvalue weighted by atomic mass is 127. The van der Waals surface area contributed by atoms with Crippen LogP contribution in [0, 0.1) is 5.82 Å². The van der Waals surface area contributed by atoms with E-state index in [-0.39, 0.29) is 35.2 Å². The van der Waals surface area contributed by atoms with Crippen molar-refractivity contribution in [2.75, 3.05) is 6.54 Å². The van der Waals surface area contributed by atoms with Crippen molar-refractivity contribution in [3.63, 3.8) is 0 Å². The van der Waals surface area contributed by atoms with Crippen LogP contribution in [0.1, 0.15) is 44.9 Å². The molecule has 1 aromatic carbocycles. The molecular formula is C18H25BrFIN4O. The van der Waals surface area contributed by atoms with E-state index in [9.17, 15) is 4.39 Å². The SMILES string of the molecule is CCNC(=NCc1cc(F)ccc1Br)NCc1ncc(C(C)(C)C)o1.I. The van der Waals surface area contributed by atoms with Crippen molar-refractivity contribution in [1.29, 1.82) is 0 Å². The van der Waals surface area contributed by atoms with Crippen LogP contribution in [0.15, 0.2) is 38.3 Å². The molecule has 0 radical (unpaired) electrons. The Morgan fingerprint density at radius 1 is 1.31 bits per heavy atom. The molecule has 1 heterocycles. The third-order valence-electron chi connectivity index (χ3n) is 3.46. The first-order chi connectivity index (χ1) is 11.8. The van der Waals surface area contributed by atoms with E-state index in [1.807, 2.05) is 6.92 Å². The number of aliphatic imine (C=N–C) groups is 1. The quantitative estimate of drug-likeness (QED) is 0.328. The first kappa shape index (κ1) is 22.9. The average molecular weight is 539 g/mol. The molecular weight excluding hydrogens is 514 g/mol. The van der Waals surface area contributed by atoms with Gasteiger partial charge >= 0.3 is 0 Å². The Hall–Kier alpha value is -1.16. The van der Waals surface area contributed by atoms with Gasteiger partial charge in [0, 0.05) is 16.4 Å². The van der Waals surface area contributed by atoms with Gasteiger partial charge in [-0.2, -0.15) is 0 Å². The molecule has 2 N–H and O–H groups in total. The van der Waals surface area contributed by atoms with Crippen molar-refractivity contribution in [3.8, 4) is 0 Å². The van der Waals surface area contributed by atoms with Crippen LogP contribution in [0.3, 0.4) is 0 Å². The van der Waals surface area contributed by atoms with Crippen LogP contribution in [0.4, 0.5) is 4.39 Å². The van der Waals surface area contributed by atoms with Crippen LogP contribution < -0.4 is 10.6 Å². The van der Waals surface area contributed by atoms with Gasteiger partial charge in [-0.05, 0) is 30.7 Å². The normalized spacial score (nSPS) is 11.8. The number of rotatable bonds is 5. The zero-order valence-electron chi connectivity index (χ0n) is 15.4. The van der Waals surface area contributed by atoms with E-state index in [2.05, 4.69) is 57.3 Å². The molecule has 8 heteroatoms. The van der Waals surface area contributed by atoms with E-state index >= 15 is 0 Å². The van der Waals surface area contributed by atoms with Gasteiger partial charge in [0.2, 0.25) is 5.89 Å². The second kappa shape index (κ2) is 10.2. The van der Waals surface area contributed by atoms with Crippen LogP contribution in [-0.4, -0.2) is 17.5 Å². The fraction of sp³-hybridized carbons (Fsp3) is 0.444. The van der Waals surface area contributed by atoms with Gasteiger partial charge in [-0.1, -0.05) is 36.7 Å². The topological polar surface area (TPSA) is 62.5 Å². The largest absolute Gasteiger partial charge is 0.443 e. The Morgan fingerprint density at radius 2 is 2.04 bits per heavy atom. The number of hydrogen-bond acceptors (Lipinski definition) is 3. The maximum Gasteiger partial charge on any atom is 0.213 e. The Bertz CT molecular complexity index is 743. The minimum atomic E-state index is -0.277. The van der Waals surface area contributed by atoms with Crippen molar-refractivity contribution in [3.05, 3.63) is 51.9 Å². The summed E-state index contributed by atoms with van der Waals surface area (Å²) < 4.78 is 20.0. The summed E-state index contributed by atoms with van der Waals surface area (Å²) in [4.78, 5) is 8.77. The summed E-state index contributed by atoms with van der Waals surface area (Å²) in [6.07, 6.45) is 1.75. The second-order valence-corrected chi connectivity index (χ2v) is 7.51. The van der Waals surface area contributed by atoms with Crippen molar-refractivity contribution in [2.45, 2.75) is 46.2 Å². The molecule has 0 spiro atoms. The van der Waals surface area contributed by atoms with E-state index in [0.717, 1.165) is 22.3 Å². The highest BCUT2D eigenvalue weighted by Crippen LogP contribution is 2.22. The molecule has 0 aliphatic rings. The molecule has 26 heavy (non-hydrogen) atoms. The lowest BCUT2D eigenvalue weighted by molar-refractivity contribution is 0.379. The lowest BCUT2D eigenvalue weighted by Crippen LogP contribution is -2.36. The van der Waals surface area contributed by atoms with Crippen LogP contribution in [0.25, 0.3) is 0 Å². The molecule has 0 amide bonds. The highest BCUT2D eigenvalue weighted by molar-refractivity contribution is 14.0. The van der Waals surface area contributed by atoms with Crippen molar-refractivity contribution in [2.24, 2.45) is 4.99 Å². The lowest BCUT2D eigenvalue weighted by Gasteiger charge is -2.13. The molecule has 0 bridgehead atoms. The molecule has 0 atom stereocenters. The van der Waals surface area contributed by atoms with Gasteiger partial charge < -0.3 is 15.1 Å². The van der Waals surface area contributed by atoms with Crippen LogP contribution >= 0.6 is 39.9 Å². The van der Waals surface area contributed by atoms with Crippen LogP contribution in [-0.2, 0) is 18.5 Å². The number of nitrogens with zero attached hydrogens (tertiary/aromatic N) is 2. The molecule has 0 saturated carbocycles. The fourth-order valence-electron chi connectivity index (χ4n) is 2.07. The van der Waals surface area contributed by atoms with Gasteiger partial charge in [-0.25, -0.2) is 14.4 Å². The van der Waals surface area contributed by atoms with E-state index in [0.29, 0.717) is 24.9 Å². The molecule has 0 unspecified atom stereocenters. The van der Waals surface area contributed by atoms with E-state index in [1.54, 1.807) is 12.3 Å². The highest BCUT2D eigenvalue weighted by Gasteiger charge is 2.19. The van der Waals surface area contributed by atoms with Crippen LogP contribution in [0.5, 0.6) is 0 Å². The van der Waals surface area contributed by atoms with Crippen molar-refractivity contribution in [1.82, 2.24) is 15.6 Å². The summed E-state index contributed by atoms with van der Waals surface area (Å²) in [5.74, 6) is 1.78. The maximum atomic E-state index is 13.4. The summed E-state index contributed by atoms with van der Waals surface area (Å²) >= 11 is 3.41. The molecule has 0 saturated heterocycles. The molecule has 0 aliphatic carbocycles. The summed E-state index contributed by atoms with van der Waals surface area (Å²) in [5, 5.41) is 6.33. The first-order valence-corrected chi connectivity index (χ1v) is 9.00. The Labute approximate surface area is 179 Å². The maximum absolute atomic E-state index is 13.4. The van der Waals surface area contributed by atoms with E-state index < -0.39 is 0 Å². The van der Waals surface area contributed by atoms with Crippen molar-refractivity contribution < 1.29 is 8.81 Å². The van der Waals surface area contributed by atoms with Crippen LogP contribution in [0.2, 0.25) is 0 Å². The number of aromatic nitrogens is 1. The Balaban J connectivity index is 0.00000338. The minimum absolute atomic E-state index is 0. The number of nitrogens with one attached hydrogen (secondary N) is 2. The number of halogens is 3. The predicted molar refractivity (Wildman–Crippen MR) is 116 cm³/mol. The summed E-state index contributed by atoms with van der Waals surface area (Å²) in [7, 11) is 0. The fourth-order valence-corrected chi connectivity index (χ4v) is 2.44. The Kier molecular flexibility index (Phi) is 9.02. The van der Waals surface area contributed by atoms with Crippen molar-refractivity contribution >= 4 is 45.9 Å². The van der Waals surface area contributed by atoms with E-state index in [4.69, 9.17) is 4.42 Å². The average Bonchev–Trinajstić information content (AvgIpc) is 3.02.